The molecule has 3 nitrogen and oxygen atoms in total. The van der Waals surface area contributed by atoms with Crippen molar-refractivity contribution in [1.29, 1.82) is 0 Å². The number of benzene rings is 2. The Kier molecular flexibility index (Phi) is 4.15. The van der Waals surface area contributed by atoms with Crippen LogP contribution in [0.4, 0.5) is 0 Å². The second-order valence-electron chi connectivity index (χ2n) is 5.44. The second kappa shape index (κ2) is 6.06. The van der Waals surface area contributed by atoms with Crippen LogP contribution in [0.1, 0.15) is 35.1 Å². The lowest BCUT2D eigenvalue weighted by atomic mass is 9.74. The fourth-order valence-corrected chi connectivity index (χ4v) is 3.28. The molecular weight excluding hydrogens is 284 g/mol. The standard InChI is InChI=1S/C17H19ClN2O/c1-21-17-10-13(18)6-7-15(17)16(20-19)9-12-8-11-4-2-3-5-14(11)12/h2-7,10,12,16,20H,8-9,19H2,1H3. The number of rotatable bonds is 5. The Morgan fingerprint density at radius 2 is 2.14 bits per heavy atom. The molecule has 4 heteroatoms. The molecule has 21 heavy (non-hydrogen) atoms. The molecule has 0 amide bonds. The van der Waals surface area contributed by atoms with E-state index in [1.165, 1.54) is 11.1 Å². The third-order valence-electron chi connectivity index (χ3n) is 4.25. The molecule has 2 aromatic rings. The van der Waals surface area contributed by atoms with Gasteiger partial charge in [-0.05, 0) is 42.0 Å². The Morgan fingerprint density at radius 3 is 2.86 bits per heavy atom. The molecule has 0 saturated carbocycles. The zero-order chi connectivity index (χ0) is 14.8. The zero-order valence-electron chi connectivity index (χ0n) is 12.0. The van der Waals surface area contributed by atoms with Crippen molar-refractivity contribution in [2.45, 2.75) is 24.8 Å². The molecule has 0 heterocycles. The van der Waals surface area contributed by atoms with Gasteiger partial charge in [0.1, 0.15) is 5.75 Å². The maximum atomic E-state index is 6.02. The van der Waals surface area contributed by atoms with Crippen molar-refractivity contribution in [1.82, 2.24) is 5.43 Å². The summed E-state index contributed by atoms with van der Waals surface area (Å²) in [7, 11) is 1.65. The van der Waals surface area contributed by atoms with Crippen LogP contribution in [0.2, 0.25) is 5.02 Å². The topological polar surface area (TPSA) is 47.3 Å². The largest absolute Gasteiger partial charge is 0.496 e. The Morgan fingerprint density at radius 1 is 1.33 bits per heavy atom. The lowest BCUT2D eigenvalue weighted by Crippen LogP contribution is -2.31. The number of methoxy groups -OCH3 is 1. The van der Waals surface area contributed by atoms with Gasteiger partial charge in [-0.1, -0.05) is 41.9 Å². The number of fused-ring (bicyclic) bond motifs is 1. The molecule has 0 saturated heterocycles. The number of hydrogen-bond acceptors (Lipinski definition) is 3. The summed E-state index contributed by atoms with van der Waals surface area (Å²) in [4.78, 5) is 0. The average Bonchev–Trinajstić information content (AvgIpc) is 2.49. The monoisotopic (exact) mass is 302 g/mol. The third-order valence-corrected chi connectivity index (χ3v) is 4.49. The summed E-state index contributed by atoms with van der Waals surface area (Å²) in [6, 6.07) is 14.3. The predicted octanol–water partition coefficient (Wildman–Crippen LogP) is 3.58. The highest BCUT2D eigenvalue weighted by atomic mass is 35.5. The van der Waals surface area contributed by atoms with Crippen molar-refractivity contribution >= 4 is 11.6 Å². The van der Waals surface area contributed by atoms with E-state index in [2.05, 4.69) is 29.7 Å². The van der Waals surface area contributed by atoms with Crippen LogP contribution in [0, 0.1) is 0 Å². The first-order valence-corrected chi connectivity index (χ1v) is 7.48. The van der Waals surface area contributed by atoms with E-state index < -0.39 is 0 Å². The van der Waals surface area contributed by atoms with E-state index >= 15 is 0 Å². The SMILES string of the molecule is COc1cc(Cl)ccc1C(CC1Cc2ccccc21)NN. The molecule has 0 fully saturated rings. The van der Waals surface area contributed by atoms with Gasteiger partial charge in [-0.15, -0.1) is 0 Å². The van der Waals surface area contributed by atoms with Crippen LogP contribution in [0.5, 0.6) is 5.75 Å². The average molecular weight is 303 g/mol. The summed E-state index contributed by atoms with van der Waals surface area (Å²) in [5.41, 5.74) is 6.85. The van der Waals surface area contributed by atoms with Crippen molar-refractivity contribution in [2.24, 2.45) is 5.84 Å². The van der Waals surface area contributed by atoms with Crippen LogP contribution in [0.25, 0.3) is 0 Å². The summed E-state index contributed by atoms with van der Waals surface area (Å²) in [6.45, 7) is 0. The zero-order valence-corrected chi connectivity index (χ0v) is 12.7. The molecule has 3 rings (SSSR count). The van der Waals surface area contributed by atoms with E-state index in [4.69, 9.17) is 22.2 Å². The van der Waals surface area contributed by atoms with Crippen molar-refractivity contribution in [3.8, 4) is 5.75 Å². The maximum Gasteiger partial charge on any atom is 0.125 e. The molecule has 1 aliphatic carbocycles. The molecule has 2 aromatic carbocycles. The number of nitrogens with two attached hydrogens (primary N) is 1. The van der Waals surface area contributed by atoms with E-state index in [9.17, 15) is 0 Å². The summed E-state index contributed by atoms with van der Waals surface area (Å²) in [5, 5.41) is 0.667. The fraction of sp³-hybridized carbons (Fsp3) is 0.294. The van der Waals surface area contributed by atoms with E-state index in [-0.39, 0.29) is 6.04 Å². The fourth-order valence-electron chi connectivity index (χ4n) is 3.12. The molecule has 2 unspecified atom stereocenters. The Bertz CT molecular complexity index is 644. The van der Waals surface area contributed by atoms with Gasteiger partial charge in [0, 0.05) is 10.6 Å². The van der Waals surface area contributed by atoms with E-state index in [1.807, 2.05) is 18.2 Å². The van der Waals surface area contributed by atoms with Crippen LogP contribution in [-0.4, -0.2) is 7.11 Å². The molecule has 2 atom stereocenters. The summed E-state index contributed by atoms with van der Waals surface area (Å²) in [5.74, 6) is 7.10. The molecule has 0 spiro atoms. The normalized spacial score (nSPS) is 17.8. The minimum Gasteiger partial charge on any atom is -0.496 e. The molecule has 110 valence electrons. The smallest absolute Gasteiger partial charge is 0.125 e. The third kappa shape index (κ3) is 2.77. The Hall–Kier alpha value is -1.55. The summed E-state index contributed by atoms with van der Waals surface area (Å²) in [6.07, 6.45) is 2.07. The van der Waals surface area contributed by atoms with Gasteiger partial charge in [0.2, 0.25) is 0 Å². The number of nitrogens with one attached hydrogen (secondary N) is 1. The first-order chi connectivity index (χ1) is 10.2. The highest BCUT2D eigenvalue weighted by molar-refractivity contribution is 6.30. The first-order valence-electron chi connectivity index (χ1n) is 7.10. The van der Waals surface area contributed by atoms with E-state index in [0.29, 0.717) is 10.9 Å². The van der Waals surface area contributed by atoms with Crippen LogP contribution >= 0.6 is 11.6 Å². The lowest BCUT2D eigenvalue weighted by Gasteiger charge is -2.33. The van der Waals surface area contributed by atoms with Gasteiger partial charge in [-0.3, -0.25) is 11.3 Å². The number of hydrogen-bond donors (Lipinski definition) is 2. The Balaban J connectivity index is 1.81. The number of ether oxygens (including phenoxy) is 1. The van der Waals surface area contributed by atoms with E-state index in [1.54, 1.807) is 7.11 Å². The van der Waals surface area contributed by atoms with Crippen molar-refractivity contribution in [2.75, 3.05) is 7.11 Å². The minimum atomic E-state index is 0.0515. The first kappa shape index (κ1) is 14.4. The lowest BCUT2D eigenvalue weighted by molar-refractivity contribution is 0.383. The quantitative estimate of drug-likeness (QED) is 0.655. The van der Waals surface area contributed by atoms with Gasteiger partial charge in [-0.2, -0.15) is 0 Å². The molecule has 1 aliphatic rings. The summed E-state index contributed by atoms with van der Waals surface area (Å²) >= 11 is 6.02. The maximum absolute atomic E-state index is 6.02. The van der Waals surface area contributed by atoms with Gasteiger partial charge in [-0.25, -0.2) is 0 Å². The molecule has 0 bridgehead atoms. The van der Waals surface area contributed by atoms with Crippen LogP contribution in [0.15, 0.2) is 42.5 Å². The van der Waals surface area contributed by atoms with Crippen LogP contribution in [-0.2, 0) is 6.42 Å². The molecule has 3 N–H and O–H groups in total. The number of hydrazine groups is 1. The molecule has 0 aromatic heterocycles. The highest BCUT2D eigenvalue weighted by Crippen LogP contribution is 2.42. The van der Waals surface area contributed by atoms with Crippen molar-refractivity contribution < 1.29 is 4.74 Å². The van der Waals surface area contributed by atoms with Crippen LogP contribution in [0.3, 0.4) is 0 Å². The van der Waals surface area contributed by atoms with Gasteiger partial charge in [0.25, 0.3) is 0 Å². The van der Waals surface area contributed by atoms with Gasteiger partial charge >= 0.3 is 0 Å². The van der Waals surface area contributed by atoms with Gasteiger partial charge in [0.15, 0.2) is 0 Å². The van der Waals surface area contributed by atoms with Crippen molar-refractivity contribution in [3.05, 3.63) is 64.2 Å². The Labute approximate surface area is 130 Å². The second-order valence-corrected chi connectivity index (χ2v) is 5.88. The van der Waals surface area contributed by atoms with Crippen LogP contribution < -0.4 is 16.0 Å². The van der Waals surface area contributed by atoms with Crippen molar-refractivity contribution in [3.63, 3.8) is 0 Å². The summed E-state index contributed by atoms with van der Waals surface area (Å²) < 4.78 is 5.43. The molecular formula is C17H19ClN2O. The highest BCUT2D eigenvalue weighted by Gasteiger charge is 2.29. The van der Waals surface area contributed by atoms with Gasteiger partial charge in [0.05, 0.1) is 13.2 Å². The minimum absolute atomic E-state index is 0.0515. The molecule has 0 radical (unpaired) electrons. The van der Waals surface area contributed by atoms with Gasteiger partial charge < -0.3 is 4.74 Å². The molecule has 0 aliphatic heterocycles. The predicted molar refractivity (Wildman–Crippen MR) is 85.6 cm³/mol. The number of halogens is 1. The van der Waals surface area contributed by atoms with E-state index in [0.717, 1.165) is 24.2 Å².